The van der Waals surface area contributed by atoms with Crippen LogP contribution in [0.15, 0.2) is 65.6 Å². The highest BCUT2D eigenvalue weighted by atomic mass is 32.1. The molecule has 3 aromatic carbocycles. The number of hydrogen-bond donors (Lipinski definition) is 4. The Morgan fingerprint density at radius 3 is 1.75 bits per heavy atom. The van der Waals surface area contributed by atoms with Crippen molar-refractivity contribution < 1.29 is 24.9 Å². The van der Waals surface area contributed by atoms with Crippen LogP contribution in [0, 0.1) is 0 Å². The highest BCUT2D eigenvalue weighted by Gasteiger charge is 2.09. The molecule has 0 spiro atoms. The molecule has 0 heterocycles. The maximum absolute atomic E-state index is 10.7. The molecule has 5 nitrogen and oxygen atoms in total. The van der Waals surface area contributed by atoms with E-state index in [0.29, 0.717) is 4.90 Å². The lowest BCUT2D eigenvalue weighted by atomic mass is 10.1. The summed E-state index contributed by atoms with van der Waals surface area (Å²) in [6, 6.07) is 16.8. The minimum atomic E-state index is -1.12. The van der Waals surface area contributed by atoms with Crippen molar-refractivity contribution in [2.75, 3.05) is 0 Å². The van der Waals surface area contributed by atoms with E-state index in [9.17, 15) is 14.7 Å². The third-order valence-corrected chi connectivity index (χ3v) is 3.62. The van der Waals surface area contributed by atoms with Crippen molar-refractivity contribution in [3.8, 4) is 5.75 Å². The first kappa shape index (κ1) is 17.4. The zero-order valence-electron chi connectivity index (χ0n) is 12.4. The molecule has 3 aromatic rings. The van der Waals surface area contributed by atoms with Crippen LogP contribution in [0.2, 0.25) is 0 Å². The molecule has 3 rings (SSSR count). The summed E-state index contributed by atoms with van der Waals surface area (Å²) in [5.41, 5.74) is 0.175. The molecule has 0 saturated heterocycles. The highest BCUT2D eigenvalue weighted by Crippen LogP contribution is 2.24. The van der Waals surface area contributed by atoms with E-state index < -0.39 is 11.9 Å². The molecular weight excluding hydrogens is 328 g/mol. The Bertz CT molecular complexity index is 905. The molecular formula is C18H14O5S. The van der Waals surface area contributed by atoms with Crippen LogP contribution in [0.25, 0.3) is 10.8 Å². The van der Waals surface area contributed by atoms with Crippen molar-refractivity contribution in [1.82, 2.24) is 0 Å². The number of aromatic hydroxyl groups is 1. The summed E-state index contributed by atoms with van der Waals surface area (Å²) >= 11 is 3.96. The number of benzene rings is 3. The van der Waals surface area contributed by atoms with Crippen LogP contribution in [0.4, 0.5) is 0 Å². The predicted molar refractivity (Wildman–Crippen MR) is 93.2 cm³/mol. The van der Waals surface area contributed by atoms with Gasteiger partial charge in [-0.15, -0.1) is 12.6 Å². The Balaban J connectivity index is 0.000000185. The molecule has 0 amide bonds. The predicted octanol–water partition coefficient (Wildman–Crippen LogP) is 3.92. The number of carboxylic acid groups (broad SMARTS) is 2. The Morgan fingerprint density at radius 1 is 0.750 bits per heavy atom. The topological polar surface area (TPSA) is 94.8 Å². The van der Waals surface area contributed by atoms with E-state index in [-0.39, 0.29) is 16.9 Å². The van der Waals surface area contributed by atoms with Crippen LogP contribution in [-0.2, 0) is 0 Å². The van der Waals surface area contributed by atoms with Gasteiger partial charge in [0.2, 0.25) is 0 Å². The minimum absolute atomic E-state index is 0.0660. The third kappa shape index (κ3) is 4.05. The van der Waals surface area contributed by atoms with Gasteiger partial charge in [-0.1, -0.05) is 36.4 Å². The largest absolute Gasteiger partial charge is 0.507 e. The molecule has 0 saturated carbocycles. The van der Waals surface area contributed by atoms with Gasteiger partial charge in [0.25, 0.3) is 0 Å². The van der Waals surface area contributed by atoms with E-state index in [1.807, 2.05) is 18.2 Å². The SMILES string of the molecule is O=C(O)c1cc2ccccc2cc1O.O=C(O)c1ccccc1S. The molecule has 24 heavy (non-hydrogen) atoms. The van der Waals surface area contributed by atoms with Crippen molar-refractivity contribution in [2.45, 2.75) is 4.90 Å². The van der Waals surface area contributed by atoms with Gasteiger partial charge < -0.3 is 15.3 Å². The van der Waals surface area contributed by atoms with E-state index >= 15 is 0 Å². The van der Waals surface area contributed by atoms with Gasteiger partial charge in [0.05, 0.1) is 5.56 Å². The monoisotopic (exact) mass is 342 g/mol. The second kappa shape index (κ2) is 7.52. The molecule has 0 radical (unpaired) electrons. The average molecular weight is 342 g/mol. The van der Waals surface area contributed by atoms with Crippen LogP contribution < -0.4 is 0 Å². The normalized spacial score (nSPS) is 9.88. The van der Waals surface area contributed by atoms with Crippen LogP contribution in [-0.4, -0.2) is 27.3 Å². The molecule has 0 bridgehead atoms. The Kier molecular flexibility index (Phi) is 5.44. The first-order valence-corrected chi connectivity index (χ1v) is 7.31. The number of rotatable bonds is 2. The number of carboxylic acids is 2. The van der Waals surface area contributed by atoms with E-state index in [1.54, 1.807) is 24.3 Å². The van der Waals surface area contributed by atoms with Gasteiger partial charge >= 0.3 is 11.9 Å². The summed E-state index contributed by atoms with van der Waals surface area (Å²) in [6.45, 7) is 0. The van der Waals surface area contributed by atoms with Crippen molar-refractivity contribution in [1.29, 1.82) is 0 Å². The summed E-state index contributed by atoms with van der Waals surface area (Å²) in [4.78, 5) is 21.6. The smallest absolute Gasteiger partial charge is 0.339 e. The Morgan fingerprint density at radius 2 is 1.25 bits per heavy atom. The standard InChI is InChI=1S/C11H8O3.C7H6O2S/c12-10-6-8-4-2-1-3-7(8)5-9(10)11(13)14;8-7(9)5-3-1-2-4-6(5)10/h1-6,12H,(H,13,14);1-4,10H,(H,8,9). The molecule has 0 aliphatic heterocycles. The van der Waals surface area contributed by atoms with Gasteiger partial charge in [-0.2, -0.15) is 0 Å². The third-order valence-electron chi connectivity index (χ3n) is 3.23. The number of carbonyl (C=O) groups is 2. The molecule has 0 fully saturated rings. The first-order chi connectivity index (χ1) is 11.4. The fourth-order valence-corrected chi connectivity index (χ4v) is 2.31. The van der Waals surface area contributed by atoms with Gasteiger partial charge in [0, 0.05) is 4.90 Å². The van der Waals surface area contributed by atoms with E-state index in [4.69, 9.17) is 10.2 Å². The van der Waals surface area contributed by atoms with Crippen molar-refractivity contribution >= 4 is 35.3 Å². The summed E-state index contributed by atoms with van der Waals surface area (Å²) in [5.74, 6) is -2.25. The Hall–Kier alpha value is -2.99. The van der Waals surface area contributed by atoms with Gasteiger partial charge in [-0.05, 0) is 35.0 Å². The molecule has 6 heteroatoms. The molecule has 0 aromatic heterocycles. The number of aromatic carboxylic acids is 2. The van der Waals surface area contributed by atoms with Crippen molar-refractivity contribution in [2.24, 2.45) is 0 Å². The average Bonchev–Trinajstić information content (AvgIpc) is 2.54. The molecule has 0 aliphatic rings. The zero-order valence-corrected chi connectivity index (χ0v) is 13.3. The maximum atomic E-state index is 10.7. The fraction of sp³-hybridized carbons (Fsp3) is 0. The van der Waals surface area contributed by atoms with E-state index in [2.05, 4.69) is 12.6 Å². The maximum Gasteiger partial charge on any atom is 0.339 e. The van der Waals surface area contributed by atoms with Gasteiger partial charge in [-0.25, -0.2) is 9.59 Å². The van der Waals surface area contributed by atoms with Crippen LogP contribution >= 0.6 is 12.6 Å². The second-order valence-corrected chi connectivity index (χ2v) is 5.33. The molecule has 0 atom stereocenters. The molecule has 3 N–H and O–H groups in total. The molecule has 0 unspecified atom stereocenters. The number of fused-ring (bicyclic) bond motifs is 1. The quantitative estimate of drug-likeness (QED) is 0.530. The summed E-state index contributed by atoms with van der Waals surface area (Å²) in [5, 5.41) is 28.3. The van der Waals surface area contributed by atoms with Crippen LogP contribution in [0.5, 0.6) is 5.75 Å². The molecule has 0 aliphatic carbocycles. The summed E-state index contributed by atoms with van der Waals surface area (Å²) in [6.07, 6.45) is 0. The molecule has 122 valence electrons. The van der Waals surface area contributed by atoms with Gasteiger partial charge in [-0.3, -0.25) is 0 Å². The summed E-state index contributed by atoms with van der Waals surface area (Å²) in [7, 11) is 0. The van der Waals surface area contributed by atoms with Gasteiger partial charge in [0.1, 0.15) is 11.3 Å². The second-order valence-electron chi connectivity index (χ2n) is 4.84. The van der Waals surface area contributed by atoms with Crippen LogP contribution in [0.3, 0.4) is 0 Å². The van der Waals surface area contributed by atoms with Crippen LogP contribution in [0.1, 0.15) is 20.7 Å². The lowest BCUT2D eigenvalue weighted by Gasteiger charge is -2.02. The number of phenols is 1. The number of thiol groups is 1. The fourth-order valence-electron chi connectivity index (χ4n) is 2.05. The van der Waals surface area contributed by atoms with E-state index in [0.717, 1.165) is 10.8 Å². The summed E-state index contributed by atoms with van der Waals surface area (Å²) < 4.78 is 0. The zero-order chi connectivity index (χ0) is 17.7. The lowest BCUT2D eigenvalue weighted by molar-refractivity contribution is 0.0682. The number of hydrogen-bond acceptors (Lipinski definition) is 4. The van der Waals surface area contributed by atoms with E-state index in [1.165, 1.54) is 18.2 Å². The highest BCUT2D eigenvalue weighted by molar-refractivity contribution is 7.80. The minimum Gasteiger partial charge on any atom is -0.507 e. The van der Waals surface area contributed by atoms with Gasteiger partial charge in [0.15, 0.2) is 0 Å². The van der Waals surface area contributed by atoms with Crippen molar-refractivity contribution in [3.05, 3.63) is 71.8 Å². The lowest BCUT2D eigenvalue weighted by Crippen LogP contribution is -1.96. The van der Waals surface area contributed by atoms with Crippen molar-refractivity contribution in [3.63, 3.8) is 0 Å². The first-order valence-electron chi connectivity index (χ1n) is 6.86. The Labute approximate surface area is 143 Å².